The highest BCUT2D eigenvalue weighted by Gasteiger charge is 2.14. The molecule has 0 saturated heterocycles. The van der Waals surface area contributed by atoms with E-state index in [4.69, 9.17) is 0 Å². The molecule has 0 aliphatic rings. The molecule has 2 aromatic rings. The first-order chi connectivity index (χ1) is 8.02. The van der Waals surface area contributed by atoms with Gasteiger partial charge in [-0.25, -0.2) is 8.78 Å². The van der Waals surface area contributed by atoms with Crippen LogP contribution in [0.3, 0.4) is 0 Å². The molecule has 0 aromatic heterocycles. The lowest BCUT2D eigenvalue weighted by molar-refractivity contribution is 0.467. The number of benzene rings is 2. The minimum atomic E-state index is -0.890. The predicted octanol–water partition coefficient (Wildman–Crippen LogP) is 3.95. The Kier molecular flexibility index (Phi) is 2.84. The lowest BCUT2D eigenvalue weighted by Gasteiger charge is -2.11. The van der Waals surface area contributed by atoms with Gasteiger partial charge in [-0.2, -0.15) is 0 Å². The quantitative estimate of drug-likeness (QED) is 0.792. The smallest absolute Gasteiger partial charge is 0.166 e. The summed E-state index contributed by atoms with van der Waals surface area (Å²) < 4.78 is 26.8. The number of aromatic hydroxyl groups is 1. The zero-order valence-electron chi connectivity index (χ0n) is 9.59. The largest absolute Gasteiger partial charge is 0.507 e. The number of aryl methyl sites for hydroxylation is 1. The molecule has 1 nitrogen and oxygen atoms in total. The minimum Gasteiger partial charge on any atom is -0.507 e. The van der Waals surface area contributed by atoms with Crippen LogP contribution in [0.4, 0.5) is 8.78 Å². The van der Waals surface area contributed by atoms with Gasteiger partial charge in [-0.1, -0.05) is 24.3 Å². The van der Waals surface area contributed by atoms with Crippen LogP contribution in [0.2, 0.25) is 0 Å². The van der Waals surface area contributed by atoms with Gasteiger partial charge >= 0.3 is 0 Å². The molecule has 0 fully saturated rings. The summed E-state index contributed by atoms with van der Waals surface area (Å²) >= 11 is 0. The number of rotatable bonds is 1. The Bertz CT molecular complexity index is 577. The van der Waals surface area contributed by atoms with Gasteiger partial charge in [-0.15, -0.1) is 0 Å². The Hall–Kier alpha value is -1.90. The van der Waals surface area contributed by atoms with Crippen molar-refractivity contribution in [1.82, 2.24) is 0 Å². The highest BCUT2D eigenvalue weighted by Crippen LogP contribution is 2.33. The van der Waals surface area contributed by atoms with Crippen molar-refractivity contribution < 1.29 is 13.9 Å². The van der Waals surface area contributed by atoms with E-state index in [2.05, 4.69) is 0 Å². The number of hydrogen-bond donors (Lipinski definition) is 1. The Labute approximate surface area is 98.3 Å². The Morgan fingerprint density at radius 1 is 0.941 bits per heavy atom. The van der Waals surface area contributed by atoms with Crippen LogP contribution in [-0.2, 0) is 0 Å². The van der Waals surface area contributed by atoms with Crippen LogP contribution in [0.25, 0.3) is 11.1 Å². The van der Waals surface area contributed by atoms with Gasteiger partial charge in [0.25, 0.3) is 0 Å². The standard InChI is InChI=1S/C14H12F2O/c1-8-6-7-10(9(2)14(8)17)11-4-3-5-12(15)13(11)16/h3-7,17H,1-2H3. The van der Waals surface area contributed by atoms with Gasteiger partial charge in [-0.3, -0.25) is 0 Å². The maximum atomic E-state index is 13.6. The maximum Gasteiger partial charge on any atom is 0.166 e. The van der Waals surface area contributed by atoms with Gasteiger partial charge in [0.05, 0.1) is 0 Å². The Morgan fingerprint density at radius 3 is 2.35 bits per heavy atom. The molecule has 2 aromatic carbocycles. The lowest BCUT2D eigenvalue weighted by Crippen LogP contribution is -1.92. The van der Waals surface area contributed by atoms with Crippen LogP contribution in [0.5, 0.6) is 5.75 Å². The second-order valence-electron chi connectivity index (χ2n) is 4.01. The fourth-order valence-corrected chi connectivity index (χ4v) is 1.84. The average molecular weight is 234 g/mol. The van der Waals surface area contributed by atoms with Gasteiger partial charge in [0.2, 0.25) is 0 Å². The number of phenolic OH excluding ortho intramolecular Hbond substituents is 1. The van der Waals surface area contributed by atoms with Crippen LogP contribution < -0.4 is 0 Å². The molecule has 0 aliphatic heterocycles. The molecule has 0 bridgehead atoms. The van der Waals surface area contributed by atoms with Gasteiger partial charge in [0.15, 0.2) is 11.6 Å². The molecule has 0 saturated carbocycles. The average Bonchev–Trinajstić information content (AvgIpc) is 2.31. The van der Waals surface area contributed by atoms with Crippen molar-refractivity contribution in [2.75, 3.05) is 0 Å². The number of phenols is 1. The van der Waals surface area contributed by atoms with E-state index in [1.807, 2.05) is 0 Å². The van der Waals surface area contributed by atoms with E-state index < -0.39 is 11.6 Å². The van der Waals surface area contributed by atoms with Gasteiger partial charge in [-0.05, 0) is 36.6 Å². The molecule has 88 valence electrons. The van der Waals surface area contributed by atoms with Gasteiger partial charge in [0, 0.05) is 5.56 Å². The van der Waals surface area contributed by atoms with Crippen molar-refractivity contribution in [3.05, 3.63) is 53.1 Å². The second-order valence-corrected chi connectivity index (χ2v) is 4.01. The molecule has 3 heteroatoms. The van der Waals surface area contributed by atoms with Crippen molar-refractivity contribution in [3.8, 4) is 16.9 Å². The van der Waals surface area contributed by atoms with E-state index in [9.17, 15) is 13.9 Å². The van der Waals surface area contributed by atoms with E-state index in [1.54, 1.807) is 26.0 Å². The summed E-state index contributed by atoms with van der Waals surface area (Å²) in [6.45, 7) is 3.44. The van der Waals surface area contributed by atoms with Crippen molar-refractivity contribution >= 4 is 0 Å². The zero-order valence-corrected chi connectivity index (χ0v) is 9.59. The molecule has 2 rings (SSSR count). The molecule has 0 amide bonds. The van der Waals surface area contributed by atoms with E-state index in [1.165, 1.54) is 12.1 Å². The molecular formula is C14H12F2O. The zero-order chi connectivity index (χ0) is 12.6. The van der Waals surface area contributed by atoms with Crippen LogP contribution in [0.1, 0.15) is 11.1 Å². The van der Waals surface area contributed by atoms with Crippen LogP contribution in [0, 0.1) is 25.5 Å². The van der Waals surface area contributed by atoms with Crippen molar-refractivity contribution in [1.29, 1.82) is 0 Å². The third-order valence-corrected chi connectivity index (χ3v) is 2.87. The van der Waals surface area contributed by atoms with E-state index in [0.717, 1.165) is 6.07 Å². The predicted molar refractivity (Wildman–Crippen MR) is 62.9 cm³/mol. The highest BCUT2D eigenvalue weighted by atomic mass is 19.2. The van der Waals surface area contributed by atoms with E-state index in [0.29, 0.717) is 16.7 Å². The van der Waals surface area contributed by atoms with Crippen molar-refractivity contribution in [3.63, 3.8) is 0 Å². The molecule has 0 atom stereocenters. The maximum absolute atomic E-state index is 13.6. The molecule has 0 spiro atoms. The minimum absolute atomic E-state index is 0.117. The van der Waals surface area contributed by atoms with Crippen LogP contribution >= 0.6 is 0 Å². The number of hydrogen-bond acceptors (Lipinski definition) is 1. The summed E-state index contributed by atoms with van der Waals surface area (Å²) in [6.07, 6.45) is 0. The molecule has 1 N–H and O–H groups in total. The monoisotopic (exact) mass is 234 g/mol. The lowest BCUT2D eigenvalue weighted by atomic mass is 9.97. The normalized spacial score (nSPS) is 10.6. The summed E-state index contributed by atoms with van der Waals surface area (Å²) in [5.41, 5.74) is 1.93. The van der Waals surface area contributed by atoms with Gasteiger partial charge < -0.3 is 5.11 Å². The van der Waals surface area contributed by atoms with E-state index >= 15 is 0 Å². The molecule has 0 heterocycles. The second kappa shape index (κ2) is 4.17. The summed E-state index contributed by atoms with van der Waals surface area (Å²) in [7, 11) is 0. The first-order valence-electron chi connectivity index (χ1n) is 5.26. The summed E-state index contributed by atoms with van der Waals surface area (Å²) in [5.74, 6) is -1.66. The Balaban J connectivity index is 2.69. The Morgan fingerprint density at radius 2 is 1.65 bits per heavy atom. The fraction of sp³-hybridized carbons (Fsp3) is 0.143. The SMILES string of the molecule is Cc1ccc(-c2cccc(F)c2F)c(C)c1O. The van der Waals surface area contributed by atoms with Crippen LogP contribution in [0.15, 0.2) is 30.3 Å². The first-order valence-corrected chi connectivity index (χ1v) is 5.26. The molecule has 0 aliphatic carbocycles. The third-order valence-electron chi connectivity index (χ3n) is 2.87. The topological polar surface area (TPSA) is 20.2 Å². The van der Waals surface area contributed by atoms with Crippen molar-refractivity contribution in [2.24, 2.45) is 0 Å². The summed E-state index contributed by atoms with van der Waals surface area (Å²) in [4.78, 5) is 0. The third kappa shape index (κ3) is 1.88. The summed E-state index contributed by atoms with van der Waals surface area (Å²) in [5, 5.41) is 9.79. The molecule has 17 heavy (non-hydrogen) atoms. The molecule has 0 radical (unpaired) electrons. The highest BCUT2D eigenvalue weighted by molar-refractivity contribution is 5.71. The first kappa shape index (κ1) is 11.6. The molecule has 0 unspecified atom stereocenters. The van der Waals surface area contributed by atoms with Crippen molar-refractivity contribution in [2.45, 2.75) is 13.8 Å². The molecular weight excluding hydrogens is 222 g/mol. The summed E-state index contributed by atoms with van der Waals surface area (Å²) in [6, 6.07) is 7.38. The number of halogens is 2. The van der Waals surface area contributed by atoms with E-state index in [-0.39, 0.29) is 11.3 Å². The van der Waals surface area contributed by atoms with Crippen LogP contribution in [-0.4, -0.2) is 5.11 Å². The fourth-order valence-electron chi connectivity index (χ4n) is 1.84. The van der Waals surface area contributed by atoms with Gasteiger partial charge in [0.1, 0.15) is 5.75 Å².